The van der Waals surface area contributed by atoms with Crippen molar-refractivity contribution in [2.45, 2.75) is 43.8 Å². The molecule has 3 N–H and O–H groups in total. The average Bonchev–Trinajstić information content (AvgIpc) is 2.37. The van der Waals surface area contributed by atoms with Crippen molar-refractivity contribution in [3.63, 3.8) is 0 Å². The van der Waals surface area contributed by atoms with Crippen LogP contribution < -0.4 is 11.1 Å². The predicted molar refractivity (Wildman–Crippen MR) is 64.8 cm³/mol. The molecular weight excluding hydrogens is 218 g/mol. The van der Waals surface area contributed by atoms with E-state index in [1.807, 2.05) is 7.05 Å². The summed E-state index contributed by atoms with van der Waals surface area (Å²) in [7, 11) is 1.90. The molecule has 5 heteroatoms. The largest absolute Gasteiger partial charge is 0.366 e. The Balaban J connectivity index is 0.000000980. The third kappa shape index (κ3) is 1.97. The third-order valence-electron chi connectivity index (χ3n) is 3.22. The van der Waals surface area contributed by atoms with Crippen molar-refractivity contribution < 1.29 is 0 Å². The SMILES string of the molecule is CNC(=S)N1[C@@H]2CC[C@H]1CC(N)C2.Cl. The summed E-state index contributed by atoms with van der Waals surface area (Å²) in [6, 6.07) is 1.61. The molecule has 2 fully saturated rings. The van der Waals surface area contributed by atoms with Gasteiger partial charge in [0.1, 0.15) is 0 Å². The van der Waals surface area contributed by atoms with Crippen molar-refractivity contribution in [1.82, 2.24) is 10.2 Å². The van der Waals surface area contributed by atoms with Gasteiger partial charge in [0, 0.05) is 25.2 Å². The summed E-state index contributed by atoms with van der Waals surface area (Å²) in [4.78, 5) is 2.36. The molecule has 2 rings (SSSR count). The molecule has 3 atom stereocenters. The normalized spacial score (nSPS) is 35.0. The van der Waals surface area contributed by atoms with E-state index in [1.165, 1.54) is 12.8 Å². The monoisotopic (exact) mass is 235 g/mol. The van der Waals surface area contributed by atoms with Crippen molar-refractivity contribution in [2.75, 3.05) is 7.05 Å². The fourth-order valence-corrected chi connectivity index (χ4v) is 2.98. The zero-order valence-corrected chi connectivity index (χ0v) is 10.0. The van der Waals surface area contributed by atoms with E-state index in [9.17, 15) is 0 Å². The van der Waals surface area contributed by atoms with E-state index in [2.05, 4.69) is 10.2 Å². The first-order valence-electron chi connectivity index (χ1n) is 4.98. The zero-order chi connectivity index (χ0) is 9.42. The lowest BCUT2D eigenvalue weighted by atomic mass is 9.99. The Hall–Kier alpha value is -0.0600. The number of halogens is 1. The molecule has 2 aliphatic rings. The summed E-state index contributed by atoms with van der Waals surface area (Å²) in [5.41, 5.74) is 5.97. The Morgan fingerprint density at radius 2 is 1.86 bits per heavy atom. The molecule has 0 spiro atoms. The Bertz CT molecular complexity index is 210. The highest BCUT2D eigenvalue weighted by molar-refractivity contribution is 7.80. The number of nitrogens with zero attached hydrogens (tertiary/aromatic N) is 1. The van der Waals surface area contributed by atoms with E-state index in [0.29, 0.717) is 18.1 Å². The van der Waals surface area contributed by atoms with Gasteiger partial charge < -0.3 is 16.0 Å². The second kappa shape index (κ2) is 4.64. The van der Waals surface area contributed by atoms with Gasteiger partial charge in [-0.25, -0.2) is 0 Å². The summed E-state index contributed by atoms with van der Waals surface area (Å²) in [6.07, 6.45) is 4.75. The van der Waals surface area contributed by atoms with Crippen LogP contribution in [0.2, 0.25) is 0 Å². The Morgan fingerprint density at radius 3 is 2.29 bits per heavy atom. The molecule has 0 aromatic rings. The third-order valence-corrected chi connectivity index (χ3v) is 3.63. The van der Waals surface area contributed by atoms with Gasteiger partial charge in [0.05, 0.1) is 0 Å². The molecule has 14 heavy (non-hydrogen) atoms. The first-order valence-corrected chi connectivity index (χ1v) is 5.39. The molecular formula is C9H18ClN3S. The predicted octanol–water partition coefficient (Wildman–Crippen LogP) is 0.867. The van der Waals surface area contributed by atoms with Gasteiger partial charge in [-0.15, -0.1) is 12.4 Å². The van der Waals surface area contributed by atoms with Gasteiger partial charge in [-0.1, -0.05) is 0 Å². The number of hydrogen-bond acceptors (Lipinski definition) is 2. The van der Waals surface area contributed by atoms with Crippen LogP contribution in [0.3, 0.4) is 0 Å². The molecule has 2 bridgehead atoms. The summed E-state index contributed by atoms with van der Waals surface area (Å²) in [6.45, 7) is 0. The van der Waals surface area contributed by atoms with Crippen LogP contribution in [0.1, 0.15) is 25.7 Å². The molecule has 0 amide bonds. The van der Waals surface area contributed by atoms with Crippen LogP contribution in [0.25, 0.3) is 0 Å². The highest BCUT2D eigenvalue weighted by Crippen LogP contribution is 2.34. The highest BCUT2D eigenvalue weighted by Gasteiger charge is 2.40. The molecule has 0 aromatic heterocycles. The second-order valence-electron chi connectivity index (χ2n) is 4.08. The van der Waals surface area contributed by atoms with Gasteiger partial charge in [-0.3, -0.25) is 0 Å². The molecule has 1 unspecified atom stereocenters. The molecule has 0 saturated carbocycles. The van der Waals surface area contributed by atoms with Crippen LogP contribution >= 0.6 is 24.6 Å². The average molecular weight is 236 g/mol. The van der Waals surface area contributed by atoms with E-state index in [1.54, 1.807) is 0 Å². The number of nitrogens with one attached hydrogen (secondary N) is 1. The van der Waals surface area contributed by atoms with Crippen molar-refractivity contribution in [2.24, 2.45) is 5.73 Å². The van der Waals surface area contributed by atoms with Gasteiger partial charge in [0.2, 0.25) is 0 Å². The molecule has 0 aromatic carbocycles. The molecule has 0 radical (unpaired) electrons. The van der Waals surface area contributed by atoms with Crippen LogP contribution in [0.4, 0.5) is 0 Å². The summed E-state index contributed by atoms with van der Waals surface area (Å²) in [5, 5.41) is 3.97. The first kappa shape index (κ1) is 12.0. The Morgan fingerprint density at radius 1 is 1.36 bits per heavy atom. The minimum absolute atomic E-state index is 0. The van der Waals surface area contributed by atoms with Gasteiger partial charge in [-0.2, -0.15) is 0 Å². The summed E-state index contributed by atoms with van der Waals surface area (Å²) >= 11 is 5.28. The zero-order valence-electron chi connectivity index (χ0n) is 8.40. The maximum absolute atomic E-state index is 5.97. The fourth-order valence-electron chi connectivity index (χ4n) is 2.68. The fraction of sp³-hybridized carbons (Fsp3) is 0.889. The van der Waals surface area contributed by atoms with Crippen LogP contribution in [0.5, 0.6) is 0 Å². The van der Waals surface area contributed by atoms with Crippen molar-refractivity contribution in [3.8, 4) is 0 Å². The number of thiocarbonyl (C=S) groups is 1. The lowest BCUT2D eigenvalue weighted by Gasteiger charge is -2.39. The van der Waals surface area contributed by atoms with E-state index in [4.69, 9.17) is 18.0 Å². The van der Waals surface area contributed by atoms with E-state index in [-0.39, 0.29) is 12.4 Å². The number of hydrogen-bond donors (Lipinski definition) is 2. The molecule has 2 saturated heterocycles. The number of nitrogens with two attached hydrogens (primary N) is 1. The van der Waals surface area contributed by atoms with Crippen molar-refractivity contribution in [3.05, 3.63) is 0 Å². The molecule has 0 aliphatic carbocycles. The maximum atomic E-state index is 5.97. The molecule has 2 aliphatic heterocycles. The number of piperidine rings is 1. The maximum Gasteiger partial charge on any atom is 0.169 e. The van der Waals surface area contributed by atoms with Gasteiger partial charge in [-0.05, 0) is 37.9 Å². The van der Waals surface area contributed by atoms with Gasteiger partial charge >= 0.3 is 0 Å². The van der Waals surface area contributed by atoms with Gasteiger partial charge in [0.15, 0.2) is 5.11 Å². The topological polar surface area (TPSA) is 41.3 Å². The smallest absolute Gasteiger partial charge is 0.169 e. The minimum atomic E-state index is 0. The summed E-state index contributed by atoms with van der Waals surface area (Å²) in [5.74, 6) is 0. The van der Waals surface area contributed by atoms with E-state index < -0.39 is 0 Å². The van der Waals surface area contributed by atoms with E-state index in [0.717, 1.165) is 18.0 Å². The second-order valence-corrected chi connectivity index (χ2v) is 4.47. The lowest BCUT2D eigenvalue weighted by molar-refractivity contribution is 0.214. The summed E-state index contributed by atoms with van der Waals surface area (Å²) < 4.78 is 0. The van der Waals surface area contributed by atoms with Gasteiger partial charge in [0.25, 0.3) is 0 Å². The van der Waals surface area contributed by atoms with Crippen LogP contribution in [-0.2, 0) is 0 Å². The minimum Gasteiger partial charge on any atom is -0.366 e. The first-order chi connectivity index (χ1) is 6.22. The quantitative estimate of drug-likeness (QED) is 0.612. The van der Waals surface area contributed by atoms with Crippen LogP contribution in [0.15, 0.2) is 0 Å². The Kier molecular flexibility index (Phi) is 3.98. The molecule has 82 valence electrons. The lowest BCUT2D eigenvalue weighted by Crippen LogP contribution is -2.52. The highest BCUT2D eigenvalue weighted by atomic mass is 35.5. The van der Waals surface area contributed by atoms with Crippen molar-refractivity contribution >= 4 is 29.7 Å². The van der Waals surface area contributed by atoms with Crippen LogP contribution in [0, 0.1) is 0 Å². The molecule has 2 heterocycles. The Labute approximate surface area is 96.8 Å². The van der Waals surface area contributed by atoms with E-state index >= 15 is 0 Å². The molecule has 3 nitrogen and oxygen atoms in total. The van der Waals surface area contributed by atoms with Crippen molar-refractivity contribution in [1.29, 1.82) is 0 Å². The van der Waals surface area contributed by atoms with Crippen LogP contribution in [-0.4, -0.2) is 35.2 Å². The standard InChI is InChI=1S/C9H17N3S.ClH/c1-11-9(13)12-7-2-3-8(12)5-6(10)4-7;/h6-8H,2-5,10H2,1H3,(H,11,13);1H/t6?,7-,8+;. The number of fused-ring (bicyclic) bond motifs is 2. The number of rotatable bonds is 0.